The summed E-state index contributed by atoms with van der Waals surface area (Å²) in [6.07, 6.45) is 0. The molecule has 3 nitrogen and oxygen atoms in total. The molecule has 0 bridgehead atoms. The number of nitrogens with one attached hydrogen (secondary N) is 1. The molecule has 2 heterocycles. The van der Waals surface area contributed by atoms with Crippen LogP contribution in [0, 0.1) is 0 Å². The van der Waals surface area contributed by atoms with Gasteiger partial charge in [-0.05, 0) is 26.8 Å². The first-order chi connectivity index (χ1) is 8.82. The molecule has 0 aliphatic rings. The third-order valence-electron chi connectivity index (χ3n) is 3.60. The lowest BCUT2D eigenvalue weighted by Gasteiger charge is -2.29. The normalized spacial score (nSPS) is 14.2. The molecule has 0 unspecified atom stereocenters. The van der Waals surface area contributed by atoms with Crippen molar-refractivity contribution in [2.75, 3.05) is 0 Å². The molecule has 0 aromatic carbocycles. The van der Waals surface area contributed by atoms with Gasteiger partial charge in [0, 0.05) is 22.1 Å². The maximum Gasteiger partial charge on any atom is 0.156 e. The molecule has 0 spiro atoms. The quantitative estimate of drug-likeness (QED) is 0.742. The minimum atomic E-state index is 0.0225. The molecule has 2 rings (SSSR count). The maximum absolute atomic E-state index is 4.89. The fraction of sp³-hybridized carbons (Fsp3) is 0.706. The molecule has 3 heteroatoms. The Morgan fingerprint density at radius 3 is 1.85 bits per heavy atom. The second-order valence-corrected chi connectivity index (χ2v) is 8.86. The van der Waals surface area contributed by atoms with Crippen molar-refractivity contribution in [3.05, 3.63) is 17.6 Å². The zero-order valence-corrected chi connectivity index (χ0v) is 14.5. The molecule has 0 amide bonds. The number of aromatic amines is 1. The lowest BCUT2D eigenvalue weighted by molar-refractivity contribution is 0.364. The predicted molar refractivity (Wildman–Crippen MR) is 86.5 cm³/mol. The fourth-order valence-corrected chi connectivity index (χ4v) is 2.54. The number of nitrogens with zero attached hydrogens (tertiary/aromatic N) is 2. The number of imidazole rings is 1. The third-order valence-corrected chi connectivity index (χ3v) is 3.60. The Hall–Kier alpha value is -1.25. The standard InChI is InChI=1S/C17H29N3/c1-15(2,3)12-10-11-13(18-12)19-14(16(4,5)6)20(11)17(7,8)9/h10,18H,1-9H3. The molecule has 112 valence electrons. The van der Waals surface area contributed by atoms with Crippen LogP contribution in [0.5, 0.6) is 0 Å². The minimum Gasteiger partial charge on any atom is -0.341 e. The van der Waals surface area contributed by atoms with Gasteiger partial charge >= 0.3 is 0 Å². The summed E-state index contributed by atoms with van der Waals surface area (Å²) in [5.74, 6) is 1.15. The first-order valence-electron chi connectivity index (χ1n) is 7.45. The van der Waals surface area contributed by atoms with E-state index in [0.29, 0.717) is 0 Å². The highest BCUT2D eigenvalue weighted by atomic mass is 15.2. The average Bonchev–Trinajstić information content (AvgIpc) is 2.66. The predicted octanol–water partition coefficient (Wildman–Crippen LogP) is 4.71. The van der Waals surface area contributed by atoms with Gasteiger partial charge in [-0.25, -0.2) is 4.98 Å². The third kappa shape index (κ3) is 2.50. The van der Waals surface area contributed by atoms with E-state index in [1.54, 1.807) is 0 Å². The van der Waals surface area contributed by atoms with Crippen LogP contribution in [0.3, 0.4) is 0 Å². The summed E-state index contributed by atoms with van der Waals surface area (Å²) >= 11 is 0. The summed E-state index contributed by atoms with van der Waals surface area (Å²) in [5, 5.41) is 0. The molecule has 0 fully saturated rings. The van der Waals surface area contributed by atoms with Crippen LogP contribution < -0.4 is 0 Å². The number of aromatic nitrogens is 3. The smallest absolute Gasteiger partial charge is 0.156 e. The van der Waals surface area contributed by atoms with Gasteiger partial charge in [0.1, 0.15) is 5.82 Å². The monoisotopic (exact) mass is 275 g/mol. The van der Waals surface area contributed by atoms with Crippen molar-refractivity contribution in [3.8, 4) is 0 Å². The van der Waals surface area contributed by atoms with Crippen LogP contribution in [-0.2, 0) is 16.4 Å². The van der Waals surface area contributed by atoms with Gasteiger partial charge in [0.2, 0.25) is 0 Å². The van der Waals surface area contributed by atoms with Gasteiger partial charge < -0.3 is 9.55 Å². The van der Waals surface area contributed by atoms with E-state index in [4.69, 9.17) is 4.98 Å². The summed E-state index contributed by atoms with van der Waals surface area (Å²) in [4.78, 5) is 8.40. The molecule has 2 aromatic heterocycles. The SMILES string of the molecule is CC(C)(C)c1cc2c(nc(C(C)(C)C)n2C(C)(C)C)[nH]1. The van der Waals surface area contributed by atoms with Crippen molar-refractivity contribution in [2.45, 2.75) is 78.7 Å². The van der Waals surface area contributed by atoms with Crippen LogP contribution in [0.2, 0.25) is 0 Å². The highest BCUT2D eigenvalue weighted by Crippen LogP contribution is 2.34. The van der Waals surface area contributed by atoms with Gasteiger partial charge in [0.15, 0.2) is 5.65 Å². The summed E-state index contributed by atoms with van der Waals surface area (Å²) < 4.78 is 2.38. The van der Waals surface area contributed by atoms with Crippen LogP contribution >= 0.6 is 0 Å². The molecule has 0 aliphatic heterocycles. The Kier molecular flexibility index (Phi) is 3.12. The topological polar surface area (TPSA) is 33.6 Å². The van der Waals surface area contributed by atoms with Gasteiger partial charge in [0.25, 0.3) is 0 Å². The molecule has 0 radical (unpaired) electrons. The van der Waals surface area contributed by atoms with E-state index >= 15 is 0 Å². The van der Waals surface area contributed by atoms with Crippen molar-refractivity contribution in [1.29, 1.82) is 0 Å². The van der Waals surface area contributed by atoms with Crippen LogP contribution in [0.15, 0.2) is 6.07 Å². The molecule has 0 saturated heterocycles. The van der Waals surface area contributed by atoms with E-state index in [9.17, 15) is 0 Å². The highest BCUT2D eigenvalue weighted by Gasteiger charge is 2.30. The highest BCUT2D eigenvalue weighted by molar-refractivity contribution is 5.75. The lowest BCUT2D eigenvalue weighted by Crippen LogP contribution is -2.29. The molecular formula is C17H29N3. The Morgan fingerprint density at radius 1 is 0.900 bits per heavy atom. The molecule has 0 aliphatic carbocycles. The zero-order valence-electron chi connectivity index (χ0n) is 14.5. The van der Waals surface area contributed by atoms with Crippen molar-refractivity contribution in [1.82, 2.24) is 14.5 Å². The van der Waals surface area contributed by atoms with E-state index < -0.39 is 0 Å². The zero-order chi connectivity index (χ0) is 15.5. The van der Waals surface area contributed by atoms with Crippen LogP contribution in [0.1, 0.15) is 73.8 Å². The van der Waals surface area contributed by atoms with Crippen molar-refractivity contribution in [3.63, 3.8) is 0 Å². The number of fused-ring (bicyclic) bond motifs is 1. The van der Waals surface area contributed by atoms with E-state index in [1.165, 1.54) is 11.2 Å². The van der Waals surface area contributed by atoms with Crippen LogP contribution in [0.25, 0.3) is 11.2 Å². The summed E-state index contributed by atoms with van der Waals surface area (Å²) in [6.45, 7) is 20.1. The number of H-pyrrole nitrogens is 1. The number of rotatable bonds is 0. The Bertz CT molecular complexity index is 622. The molecule has 0 atom stereocenters. The summed E-state index contributed by atoms with van der Waals surface area (Å²) in [7, 11) is 0. The molecule has 20 heavy (non-hydrogen) atoms. The molecule has 0 saturated carbocycles. The number of hydrogen-bond acceptors (Lipinski definition) is 1. The summed E-state index contributed by atoms with van der Waals surface area (Å²) in [6, 6.07) is 2.27. The van der Waals surface area contributed by atoms with E-state index in [0.717, 1.165) is 11.5 Å². The van der Waals surface area contributed by atoms with Crippen LogP contribution in [-0.4, -0.2) is 14.5 Å². The first-order valence-corrected chi connectivity index (χ1v) is 7.45. The van der Waals surface area contributed by atoms with Crippen molar-refractivity contribution >= 4 is 11.2 Å². The molecular weight excluding hydrogens is 246 g/mol. The second kappa shape index (κ2) is 4.12. The van der Waals surface area contributed by atoms with E-state index in [2.05, 4.69) is 77.9 Å². The van der Waals surface area contributed by atoms with E-state index in [-0.39, 0.29) is 16.4 Å². The fourth-order valence-electron chi connectivity index (χ4n) is 2.54. The average molecular weight is 275 g/mol. The Morgan fingerprint density at radius 2 is 1.45 bits per heavy atom. The van der Waals surface area contributed by atoms with Crippen molar-refractivity contribution in [2.24, 2.45) is 0 Å². The largest absolute Gasteiger partial charge is 0.341 e. The minimum absolute atomic E-state index is 0.0225. The van der Waals surface area contributed by atoms with Crippen LogP contribution in [0.4, 0.5) is 0 Å². The van der Waals surface area contributed by atoms with Gasteiger partial charge in [-0.2, -0.15) is 0 Å². The van der Waals surface area contributed by atoms with Gasteiger partial charge in [0.05, 0.1) is 5.52 Å². The summed E-state index contributed by atoms with van der Waals surface area (Å²) in [5.41, 5.74) is 3.64. The Balaban J connectivity index is 2.77. The number of hydrogen-bond donors (Lipinski definition) is 1. The second-order valence-electron chi connectivity index (χ2n) is 8.86. The van der Waals surface area contributed by atoms with E-state index in [1.807, 2.05) is 0 Å². The first kappa shape index (κ1) is 15.1. The maximum atomic E-state index is 4.89. The Labute approximate surface area is 122 Å². The van der Waals surface area contributed by atoms with Gasteiger partial charge in [-0.1, -0.05) is 41.5 Å². The van der Waals surface area contributed by atoms with Gasteiger partial charge in [-0.3, -0.25) is 0 Å². The van der Waals surface area contributed by atoms with Crippen molar-refractivity contribution < 1.29 is 0 Å². The molecule has 2 aromatic rings. The molecule has 1 N–H and O–H groups in total. The lowest BCUT2D eigenvalue weighted by atomic mass is 9.92. The van der Waals surface area contributed by atoms with Gasteiger partial charge in [-0.15, -0.1) is 0 Å².